The Bertz CT molecular complexity index is 630. The number of pyridine rings is 1. The first-order valence-corrected chi connectivity index (χ1v) is 8.04. The van der Waals surface area contributed by atoms with Gasteiger partial charge >= 0.3 is 0 Å². The van der Waals surface area contributed by atoms with Gasteiger partial charge in [-0.3, -0.25) is 14.5 Å². The van der Waals surface area contributed by atoms with E-state index < -0.39 is 0 Å². The number of rotatable bonds is 6. The minimum Gasteiger partial charge on any atom is -0.339 e. The molecule has 2 aromatic rings. The quantitative estimate of drug-likeness (QED) is 0.831. The molecule has 1 N–H and O–H groups in total. The minimum absolute atomic E-state index is 0.0578. The number of hydrogen-bond donors (Lipinski definition) is 1. The highest BCUT2D eigenvalue weighted by molar-refractivity contribution is 7.97. The van der Waals surface area contributed by atoms with Crippen molar-refractivity contribution in [2.45, 2.75) is 25.2 Å². The lowest BCUT2D eigenvalue weighted by Crippen LogP contribution is -2.31. The maximum absolute atomic E-state index is 12.5. The number of nitrogens with one attached hydrogen (secondary N) is 1. The van der Waals surface area contributed by atoms with Crippen molar-refractivity contribution < 1.29 is 4.79 Å². The Kier molecular flexibility index (Phi) is 5.59. The van der Waals surface area contributed by atoms with E-state index in [0.29, 0.717) is 5.56 Å². The molecule has 1 heterocycles. The highest BCUT2D eigenvalue weighted by Crippen LogP contribution is 2.21. The predicted octanol–water partition coefficient (Wildman–Crippen LogP) is 3.33. The Morgan fingerprint density at radius 3 is 2.81 bits per heavy atom. The van der Waals surface area contributed by atoms with Gasteiger partial charge in [-0.25, -0.2) is 0 Å². The average molecular weight is 303 g/mol. The normalized spacial score (nSPS) is 10.8. The first-order valence-electron chi connectivity index (χ1n) is 7.22. The predicted molar refractivity (Wildman–Crippen MR) is 88.5 cm³/mol. The molecular formula is C16H21N3OS. The molecule has 0 unspecified atom stereocenters. The molecule has 1 amide bonds. The van der Waals surface area contributed by atoms with Crippen LogP contribution in [0.1, 0.15) is 30.6 Å². The SMILES string of the molecule is CCCN(CC)C(=O)c1cnc2cc(SNC)ccc2c1. The topological polar surface area (TPSA) is 45.2 Å². The Morgan fingerprint density at radius 2 is 2.14 bits per heavy atom. The molecule has 1 aromatic heterocycles. The molecule has 0 spiro atoms. The van der Waals surface area contributed by atoms with E-state index in [1.807, 2.05) is 43.1 Å². The molecule has 0 saturated heterocycles. The summed E-state index contributed by atoms with van der Waals surface area (Å²) < 4.78 is 3.04. The van der Waals surface area contributed by atoms with Crippen molar-refractivity contribution in [3.8, 4) is 0 Å². The van der Waals surface area contributed by atoms with Crippen LogP contribution in [0, 0.1) is 0 Å². The summed E-state index contributed by atoms with van der Waals surface area (Å²) in [6.07, 6.45) is 2.64. The summed E-state index contributed by atoms with van der Waals surface area (Å²) in [5.74, 6) is 0.0578. The lowest BCUT2D eigenvalue weighted by Gasteiger charge is -2.20. The van der Waals surface area contributed by atoms with Crippen LogP contribution in [0.4, 0.5) is 0 Å². The van der Waals surface area contributed by atoms with E-state index in [1.54, 1.807) is 18.1 Å². The van der Waals surface area contributed by atoms with E-state index in [-0.39, 0.29) is 5.91 Å². The van der Waals surface area contributed by atoms with Gasteiger partial charge in [0.05, 0.1) is 11.1 Å². The van der Waals surface area contributed by atoms with Crippen molar-refractivity contribution in [3.05, 3.63) is 36.0 Å². The first-order chi connectivity index (χ1) is 10.2. The van der Waals surface area contributed by atoms with E-state index in [9.17, 15) is 4.79 Å². The van der Waals surface area contributed by atoms with Crippen LogP contribution in [0.2, 0.25) is 0 Å². The van der Waals surface area contributed by atoms with Crippen molar-refractivity contribution in [3.63, 3.8) is 0 Å². The van der Waals surface area contributed by atoms with E-state index >= 15 is 0 Å². The third kappa shape index (κ3) is 3.74. The summed E-state index contributed by atoms with van der Waals surface area (Å²) >= 11 is 1.55. The number of nitrogens with zero attached hydrogens (tertiary/aromatic N) is 2. The lowest BCUT2D eigenvalue weighted by atomic mass is 10.1. The van der Waals surface area contributed by atoms with E-state index in [0.717, 1.165) is 35.3 Å². The maximum atomic E-state index is 12.5. The molecule has 0 radical (unpaired) electrons. The van der Waals surface area contributed by atoms with Crippen LogP contribution in [-0.2, 0) is 0 Å². The van der Waals surface area contributed by atoms with Crippen molar-refractivity contribution >= 4 is 28.8 Å². The zero-order valence-electron chi connectivity index (χ0n) is 12.7. The monoisotopic (exact) mass is 303 g/mol. The van der Waals surface area contributed by atoms with Crippen molar-refractivity contribution in [1.29, 1.82) is 0 Å². The second kappa shape index (κ2) is 7.43. The summed E-state index contributed by atoms with van der Waals surface area (Å²) in [6, 6.07) is 7.99. The molecule has 1 aromatic carbocycles. The molecule has 112 valence electrons. The first kappa shape index (κ1) is 15.8. The number of benzene rings is 1. The zero-order valence-corrected chi connectivity index (χ0v) is 13.5. The van der Waals surface area contributed by atoms with Crippen LogP contribution in [0.5, 0.6) is 0 Å². The van der Waals surface area contributed by atoms with Gasteiger partial charge in [-0.1, -0.05) is 13.0 Å². The number of aromatic nitrogens is 1. The third-order valence-electron chi connectivity index (χ3n) is 3.28. The van der Waals surface area contributed by atoms with Crippen LogP contribution in [0.25, 0.3) is 10.9 Å². The van der Waals surface area contributed by atoms with Gasteiger partial charge < -0.3 is 4.90 Å². The van der Waals surface area contributed by atoms with E-state index in [4.69, 9.17) is 0 Å². The summed E-state index contributed by atoms with van der Waals surface area (Å²) in [4.78, 5) is 19.8. The van der Waals surface area contributed by atoms with E-state index in [2.05, 4.69) is 16.6 Å². The Morgan fingerprint density at radius 1 is 1.33 bits per heavy atom. The smallest absolute Gasteiger partial charge is 0.255 e. The molecule has 4 nitrogen and oxygen atoms in total. The molecule has 0 saturated carbocycles. The van der Waals surface area contributed by atoms with Gasteiger partial charge in [0.25, 0.3) is 5.91 Å². The van der Waals surface area contributed by atoms with Gasteiger partial charge in [0.2, 0.25) is 0 Å². The second-order valence-electron chi connectivity index (χ2n) is 4.77. The molecule has 2 rings (SSSR count). The number of fused-ring (bicyclic) bond motifs is 1. The van der Waals surface area contributed by atoms with Gasteiger partial charge in [-0.2, -0.15) is 0 Å². The molecule has 0 aliphatic rings. The van der Waals surface area contributed by atoms with Crippen molar-refractivity contribution in [2.75, 3.05) is 20.1 Å². The number of carbonyl (C=O) groups is 1. The number of amides is 1. The molecular weight excluding hydrogens is 282 g/mol. The van der Waals surface area contributed by atoms with Crippen molar-refractivity contribution in [2.24, 2.45) is 0 Å². The largest absolute Gasteiger partial charge is 0.339 e. The number of hydrogen-bond acceptors (Lipinski definition) is 4. The van der Waals surface area contributed by atoms with Gasteiger partial charge in [-0.15, -0.1) is 0 Å². The molecule has 0 aliphatic carbocycles. The Labute approximate surface area is 130 Å². The number of carbonyl (C=O) groups excluding carboxylic acids is 1. The highest BCUT2D eigenvalue weighted by Gasteiger charge is 2.14. The molecule has 0 atom stereocenters. The van der Waals surface area contributed by atoms with Crippen LogP contribution in [-0.4, -0.2) is 35.9 Å². The van der Waals surface area contributed by atoms with Gasteiger partial charge in [0.1, 0.15) is 0 Å². The second-order valence-corrected chi connectivity index (χ2v) is 5.85. The minimum atomic E-state index is 0.0578. The Balaban J connectivity index is 2.30. The summed E-state index contributed by atoms with van der Waals surface area (Å²) in [7, 11) is 1.89. The zero-order chi connectivity index (χ0) is 15.2. The lowest BCUT2D eigenvalue weighted by molar-refractivity contribution is 0.0764. The fourth-order valence-corrected chi connectivity index (χ4v) is 2.80. The van der Waals surface area contributed by atoms with Crippen LogP contribution < -0.4 is 4.72 Å². The Hall–Kier alpha value is -1.59. The van der Waals surface area contributed by atoms with Gasteiger partial charge in [-0.05, 0) is 50.5 Å². The molecule has 5 heteroatoms. The molecule has 21 heavy (non-hydrogen) atoms. The average Bonchev–Trinajstić information content (AvgIpc) is 2.51. The van der Waals surface area contributed by atoms with Crippen molar-refractivity contribution in [1.82, 2.24) is 14.6 Å². The summed E-state index contributed by atoms with van der Waals surface area (Å²) in [5, 5.41) is 0.994. The van der Waals surface area contributed by atoms with Crippen LogP contribution >= 0.6 is 11.9 Å². The fraction of sp³-hybridized carbons (Fsp3) is 0.375. The molecule has 0 bridgehead atoms. The highest BCUT2D eigenvalue weighted by atomic mass is 32.2. The summed E-state index contributed by atoms with van der Waals surface area (Å²) in [5.41, 5.74) is 1.57. The van der Waals surface area contributed by atoms with Gasteiger partial charge in [0, 0.05) is 29.6 Å². The maximum Gasteiger partial charge on any atom is 0.255 e. The molecule has 0 aliphatic heterocycles. The standard InChI is InChI=1S/C16H21N3OS/c1-4-8-19(5-2)16(20)13-9-12-6-7-14(21-17-3)10-15(12)18-11-13/h6-7,9-11,17H,4-5,8H2,1-3H3. The van der Waals surface area contributed by atoms with Crippen LogP contribution in [0.3, 0.4) is 0 Å². The fourth-order valence-electron chi connectivity index (χ4n) is 2.26. The van der Waals surface area contributed by atoms with E-state index in [1.165, 1.54) is 0 Å². The summed E-state index contributed by atoms with van der Waals surface area (Å²) in [6.45, 7) is 5.59. The molecule has 0 fully saturated rings. The van der Waals surface area contributed by atoms with Crippen LogP contribution in [0.15, 0.2) is 35.4 Å². The van der Waals surface area contributed by atoms with Gasteiger partial charge in [0.15, 0.2) is 0 Å². The third-order valence-corrected chi connectivity index (χ3v) is 3.98.